The van der Waals surface area contributed by atoms with Gasteiger partial charge in [-0.2, -0.15) is 0 Å². The molecule has 1 nitrogen and oxygen atoms in total. The van der Waals surface area contributed by atoms with Crippen LogP contribution in [0, 0.1) is 18.7 Å². The summed E-state index contributed by atoms with van der Waals surface area (Å²) < 4.78 is 13.3. The Balaban J connectivity index is 2.27. The fourth-order valence-electron chi connectivity index (χ4n) is 2.91. The van der Waals surface area contributed by atoms with Gasteiger partial charge in [-0.15, -0.1) is 0 Å². The Kier molecular flexibility index (Phi) is 3.53. The summed E-state index contributed by atoms with van der Waals surface area (Å²) in [5.74, 6) is 0.402. The van der Waals surface area contributed by atoms with Crippen LogP contribution in [0.15, 0.2) is 18.2 Å². The predicted molar refractivity (Wildman–Crippen MR) is 67.3 cm³/mol. The summed E-state index contributed by atoms with van der Waals surface area (Å²) in [6, 6.07) is 5.01. The largest absolute Gasteiger partial charge is 0.385 e. The molecule has 2 heteroatoms. The minimum atomic E-state index is -0.739. The molecule has 0 saturated heterocycles. The molecule has 0 radical (unpaired) electrons. The maximum atomic E-state index is 13.3. The molecule has 1 aromatic rings. The van der Waals surface area contributed by atoms with Crippen LogP contribution in [-0.2, 0) is 5.60 Å². The minimum Gasteiger partial charge on any atom is -0.385 e. The summed E-state index contributed by atoms with van der Waals surface area (Å²) in [7, 11) is 0. The first-order valence-electron chi connectivity index (χ1n) is 6.54. The van der Waals surface area contributed by atoms with Gasteiger partial charge in [-0.3, -0.25) is 0 Å². The van der Waals surface area contributed by atoms with Gasteiger partial charge in [0, 0.05) is 0 Å². The van der Waals surface area contributed by atoms with E-state index in [1.165, 1.54) is 12.5 Å². The van der Waals surface area contributed by atoms with Crippen molar-refractivity contribution in [3.05, 3.63) is 35.1 Å². The Morgan fingerprint density at radius 3 is 2.88 bits per heavy atom. The van der Waals surface area contributed by atoms with Crippen LogP contribution in [0.25, 0.3) is 0 Å². The van der Waals surface area contributed by atoms with Gasteiger partial charge in [0.1, 0.15) is 5.82 Å². The minimum absolute atomic E-state index is 0.194. The molecule has 0 amide bonds. The van der Waals surface area contributed by atoms with Crippen molar-refractivity contribution in [2.45, 2.75) is 51.6 Å². The first-order valence-corrected chi connectivity index (χ1v) is 6.54. The van der Waals surface area contributed by atoms with Crippen molar-refractivity contribution in [3.63, 3.8) is 0 Å². The maximum absolute atomic E-state index is 13.3. The first kappa shape index (κ1) is 12.6. The molecule has 1 aromatic carbocycles. The highest BCUT2D eigenvalue weighted by Gasteiger charge is 2.35. The first-order chi connectivity index (χ1) is 8.05. The van der Waals surface area contributed by atoms with Crippen molar-refractivity contribution in [1.29, 1.82) is 0 Å². The molecule has 1 aliphatic carbocycles. The fourth-order valence-corrected chi connectivity index (χ4v) is 2.91. The number of rotatable bonds is 2. The molecule has 0 bridgehead atoms. The standard InChI is InChI=1S/C15H21FO/c1-3-12-5-4-8-15(17,10-12)13-6-7-14(16)11(2)9-13/h6-7,9,12,17H,3-5,8,10H2,1-2H3. The van der Waals surface area contributed by atoms with Gasteiger partial charge in [-0.25, -0.2) is 4.39 Å². The third-order valence-corrected chi connectivity index (χ3v) is 4.10. The van der Waals surface area contributed by atoms with Crippen molar-refractivity contribution >= 4 is 0 Å². The molecular formula is C15H21FO. The quantitative estimate of drug-likeness (QED) is 0.825. The number of aliphatic hydroxyl groups is 1. The Morgan fingerprint density at radius 2 is 2.24 bits per heavy atom. The van der Waals surface area contributed by atoms with Crippen molar-refractivity contribution in [1.82, 2.24) is 0 Å². The zero-order valence-electron chi connectivity index (χ0n) is 10.7. The molecule has 0 aromatic heterocycles. The molecule has 1 N–H and O–H groups in total. The van der Waals surface area contributed by atoms with E-state index >= 15 is 0 Å². The molecule has 1 aliphatic rings. The van der Waals surface area contributed by atoms with E-state index in [0.29, 0.717) is 11.5 Å². The van der Waals surface area contributed by atoms with Gasteiger partial charge in [-0.1, -0.05) is 31.9 Å². The van der Waals surface area contributed by atoms with Gasteiger partial charge in [-0.05, 0) is 49.3 Å². The summed E-state index contributed by atoms with van der Waals surface area (Å²) in [6.45, 7) is 3.93. The molecule has 1 saturated carbocycles. The Hall–Kier alpha value is -0.890. The van der Waals surface area contributed by atoms with E-state index < -0.39 is 5.60 Å². The second kappa shape index (κ2) is 4.77. The number of hydrogen-bond donors (Lipinski definition) is 1. The number of hydrogen-bond acceptors (Lipinski definition) is 1. The van der Waals surface area contributed by atoms with Gasteiger partial charge in [0.25, 0.3) is 0 Å². The third kappa shape index (κ3) is 2.52. The summed E-state index contributed by atoms with van der Waals surface area (Å²) >= 11 is 0. The smallest absolute Gasteiger partial charge is 0.126 e. The van der Waals surface area contributed by atoms with Crippen molar-refractivity contribution in [2.75, 3.05) is 0 Å². The molecule has 2 unspecified atom stereocenters. The van der Waals surface area contributed by atoms with Crippen LogP contribution < -0.4 is 0 Å². The maximum Gasteiger partial charge on any atom is 0.126 e. The predicted octanol–water partition coefficient (Wildman–Crippen LogP) is 3.92. The van der Waals surface area contributed by atoms with Gasteiger partial charge in [0.05, 0.1) is 5.60 Å². The molecule has 0 spiro atoms. The highest BCUT2D eigenvalue weighted by atomic mass is 19.1. The average molecular weight is 236 g/mol. The topological polar surface area (TPSA) is 20.2 Å². The van der Waals surface area contributed by atoms with E-state index in [9.17, 15) is 9.50 Å². The monoisotopic (exact) mass is 236 g/mol. The normalized spacial score (nSPS) is 29.3. The second-order valence-electron chi connectivity index (χ2n) is 5.37. The van der Waals surface area contributed by atoms with E-state index in [1.807, 2.05) is 0 Å². The van der Waals surface area contributed by atoms with Crippen LogP contribution in [-0.4, -0.2) is 5.11 Å². The average Bonchev–Trinajstić information content (AvgIpc) is 2.32. The second-order valence-corrected chi connectivity index (χ2v) is 5.37. The van der Waals surface area contributed by atoms with Crippen molar-refractivity contribution < 1.29 is 9.50 Å². The number of halogens is 1. The highest BCUT2D eigenvalue weighted by Crippen LogP contribution is 2.41. The molecule has 94 valence electrons. The van der Waals surface area contributed by atoms with E-state index in [4.69, 9.17) is 0 Å². The summed E-state index contributed by atoms with van der Waals surface area (Å²) in [5, 5.41) is 10.7. The lowest BCUT2D eigenvalue weighted by Gasteiger charge is -2.37. The lowest BCUT2D eigenvalue weighted by atomic mass is 9.73. The summed E-state index contributed by atoms with van der Waals surface area (Å²) in [4.78, 5) is 0. The molecule has 17 heavy (non-hydrogen) atoms. The van der Waals surface area contributed by atoms with E-state index in [0.717, 1.165) is 31.2 Å². The lowest BCUT2D eigenvalue weighted by molar-refractivity contribution is -0.0218. The molecule has 0 aliphatic heterocycles. The Labute approximate surface area is 103 Å². The molecule has 2 rings (SSSR count). The van der Waals surface area contributed by atoms with Gasteiger partial charge in [0.2, 0.25) is 0 Å². The fraction of sp³-hybridized carbons (Fsp3) is 0.600. The summed E-state index contributed by atoms with van der Waals surface area (Å²) in [5.41, 5.74) is 0.765. The van der Waals surface area contributed by atoms with Crippen LogP contribution in [0.4, 0.5) is 4.39 Å². The molecule has 1 fully saturated rings. The zero-order chi connectivity index (χ0) is 12.5. The van der Waals surface area contributed by atoms with Crippen LogP contribution in [0.3, 0.4) is 0 Å². The highest BCUT2D eigenvalue weighted by molar-refractivity contribution is 5.29. The van der Waals surface area contributed by atoms with Gasteiger partial charge >= 0.3 is 0 Å². The third-order valence-electron chi connectivity index (χ3n) is 4.10. The van der Waals surface area contributed by atoms with Gasteiger partial charge < -0.3 is 5.11 Å². The number of aryl methyl sites for hydroxylation is 1. The SMILES string of the molecule is CCC1CCCC(O)(c2ccc(F)c(C)c2)C1. The van der Waals surface area contributed by atoms with Crippen LogP contribution in [0.5, 0.6) is 0 Å². The van der Waals surface area contributed by atoms with Gasteiger partial charge in [0.15, 0.2) is 0 Å². The molecular weight excluding hydrogens is 215 g/mol. The van der Waals surface area contributed by atoms with Crippen molar-refractivity contribution in [2.24, 2.45) is 5.92 Å². The van der Waals surface area contributed by atoms with Crippen LogP contribution in [0.1, 0.15) is 50.2 Å². The van der Waals surface area contributed by atoms with E-state index in [-0.39, 0.29) is 5.82 Å². The van der Waals surface area contributed by atoms with Crippen LogP contribution in [0.2, 0.25) is 0 Å². The molecule has 2 atom stereocenters. The molecule has 0 heterocycles. The number of benzene rings is 1. The Bertz CT molecular complexity index is 402. The van der Waals surface area contributed by atoms with E-state index in [2.05, 4.69) is 6.92 Å². The Morgan fingerprint density at radius 1 is 1.47 bits per heavy atom. The lowest BCUT2D eigenvalue weighted by Crippen LogP contribution is -2.32. The zero-order valence-corrected chi connectivity index (χ0v) is 10.7. The van der Waals surface area contributed by atoms with E-state index in [1.54, 1.807) is 19.1 Å². The van der Waals surface area contributed by atoms with Crippen molar-refractivity contribution in [3.8, 4) is 0 Å². The summed E-state index contributed by atoms with van der Waals surface area (Å²) in [6.07, 6.45) is 5.00. The van der Waals surface area contributed by atoms with Crippen LogP contribution >= 0.6 is 0 Å².